The van der Waals surface area contributed by atoms with E-state index in [1.807, 2.05) is 0 Å². The Labute approximate surface area is 63.9 Å². The van der Waals surface area contributed by atoms with Crippen molar-refractivity contribution in [3.8, 4) is 0 Å². The summed E-state index contributed by atoms with van der Waals surface area (Å²) in [5, 5.41) is 0. The predicted molar refractivity (Wildman–Crippen MR) is 60.1 cm³/mol. The molecule has 58 valence electrons. The van der Waals surface area contributed by atoms with Crippen molar-refractivity contribution in [3.05, 3.63) is 0 Å². The van der Waals surface area contributed by atoms with Crippen LogP contribution in [0.15, 0.2) is 0 Å². The summed E-state index contributed by atoms with van der Waals surface area (Å²) in [4.78, 5) is 0. The second-order valence-corrected chi connectivity index (χ2v) is 30.5. The average Bonchev–Trinajstić information content (AvgIpc) is 2.07. The standard InChI is InChI=1S/C5H16P2S2/c1-5-9(2,3,4)7(6)8-9/h5-6H2,1-4H3. The smallest absolute Gasteiger partial charge is 0.0173 e. The minimum absolute atomic E-state index is 0.271. The van der Waals surface area contributed by atoms with Gasteiger partial charge in [0.15, 0.2) is 0 Å². The highest BCUT2D eigenvalue weighted by molar-refractivity contribution is 9.73. The molecule has 0 aromatic carbocycles. The molecule has 1 fully saturated rings. The molecule has 0 nitrogen and oxygen atoms in total. The molecule has 1 heterocycles. The minimum atomic E-state index is -1.42. The highest BCUT2D eigenvalue weighted by Crippen LogP contribution is 3.32. The number of hydrogen-bond acceptors (Lipinski definition) is 1. The lowest BCUT2D eigenvalue weighted by Crippen LogP contribution is -2.12. The molecule has 2 atom stereocenters. The van der Waals surface area contributed by atoms with Crippen molar-refractivity contribution in [2.24, 2.45) is 0 Å². The Morgan fingerprint density at radius 3 is 1.78 bits per heavy atom. The van der Waals surface area contributed by atoms with Gasteiger partial charge in [0.25, 0.3) is 0 Å². The van der Waals surface area contributed by atoms with Crippen LogP contribution in [0.25, 0.3) is 0 Å². The van der Waals surface area contributed by atoms with E-state index in [4.69, 9.17) is 0 Å². The lowest BCUT2D eigenvalue weighted by Gasteiger charge is -2.51. The Morgan fingerprint density at radius 2 is 1.78 bits per heavy atom. The first-order valence-electron chi connectivity index (χ1n) is 3.01. The quantitative estimate of drug-likeness (QED) is 0.356. The average molecular weight is 202 g/mol. The van der Waals surface area contributed by atoms with Crippen molar-refractivity contribution >= 4 is 32.3 Å². The summed E-state index contributed by atoms with van der Waals surface area (Å²) in [6.07, 6.45) is 7.51. The van der Waals surface area contributed by atoms with Gasteiger partial charge >= 0.3 is 0 Å². The maximum absolute atomic E-state index is 3.02. The van der Waals surface area contributed by atoms with Gasteiger partial charge in [-0.15, -0.1) is 0 Å². The van der Waals surface area contributed by atoms with Crippen molar-refractivity contribution < 1.29 is 0 Å². The van der Waals surface area contributed by atoms with Gasteiger partial charge < -0.3 is 0 Å². The topological polar surface area (TPSA) is 0 Å². The third-order valence-electron chi connectivity index (χ3n) is 2.22. The van der Waals surface area contributed by atoms with Crippen LogP contribution in [-0.2, 0) is 0 Å². The van der Waals surface area contributed by atoms with Gasteiger partial charge in [0.2, 0.25) is 0 Å². The zero-order valence-electron chi connectivity index (χ0n) is 6.55. The van der Waals surface area contributed by atoms with Gasteiger partial charge in [-0.1, -0.05) is 26.3 Å². The molecule has 4 heteroatoms. The van der Waals surface area contributed by atoms with Crippen molar-refractivity contribution in [1.29, 1.82) is 0 Å². The Bertz CT molecular complexity index is 159. The van der Waals surface area contributed by atoms with Gasteiger partial charge in [-0.2, -0.15) is 0 Å². The lowest BCUT2D eigenvalue weighted by molar-refractivity contribution is 1.48. The SMILES string of the molecule is CCS1(C)(C)(C)SP1P. The molecule has 0 spiro atoms. The molecule has 1 saturated heterocycles. The van der Waals surface area contributed by atoms with Crippen LogP contribution < -0.4 is 0 Å². The summed E-state index contributed by atoms with van der Waals surface area (Å²) in [6, 6.07) is 0.271. The Kier molecular flexibility index (Phi) is 1.45. The van der Waals surface area contributed by atoms with Crippen LogP contribution in [-0.4, -0.2) is 24.5 Å². The summed E-state index contributed by atoms with van der Waals surface area (Å²) in [6.45, 7) is 0.915. The summed E-state index contributed by atoms with van der Waals surface area (Å²) < 4.78 is 0. The van der Waals surface area contributed by atoms with Crippen LogP contribution in [0.2, 0.25) is 0 Å². The monoisotopic (exact) mass is 202 g/mol. The van der Waals surface area contributed by atoms with Gasteiger partial charge in [-0.05, 0) is 24.5 Å². The predicted octanol–water partition coefficient (Wildman–Crippen LogP) is 3.54. The fourth-order valence-corrected chi connectivity index (χ4v) is 31.6. The molecule has 0 radical (unpaired) electrons. The van der Waals surface area contributed by atoms with Crippen LogP contribution in [0.5, 0.6) is 0 Å². The van der Waals surface area contributed by atoms with E-state index in [9.17, 15) is 0 Å². The first-order chi connectivity index (χ1) is 3.73. The van der Waals surface area contributed by atoms with Crippen molar-refractivity contribution in [2.45, 2.75) is 6.92 Å². The molecule has 1 aliphatic rings. The van der Waals surface area contributed by atoms with Crippen LogP contribution in [0.3, 0.4) is 0 Å². The summed E-state index contributed by atoms with van der Waals surface area (Å²) in [5.41, 5.74) is 0. The van der Waals surface area contributed by atoms with Gasteiger partial charge in [-0.25, -0.2) is 6.95 Å². The normalized spacial score (nSPS) is 49.7. The van der Waals surface area contributed by atoms with Gasteiger partial charge in [0.1, 0.15) is 0 Å². The lowest BCUT2D eigenvalue weighted by atomic mass is 11.0. The molecule has 0 saturated carbocycles. The second kappa shape index (κ2) is 1.51. The molecule has 1 rings (SSSR count). The molecule has 0 bridgehead atoms. The van der Waals surface area contributed by atoms with Crippen LogP contribution >= 0.6 is 32.3 Å². The van der Waals surface area contributed by atoms with Gasteiger partial charge in [0.05, 0.1) is 0 Å². The van der Waals surface area contributed by atoms with Gasteiger partial charge in [-0.3, -0.25) is 0 Å². The molecule has 0 N–H and O–H groups in total. The van der Waals surface area contributed by atoms with E-state index in [-0.39, 0.29) is 6.01 Å². The first-order valence-corrected chi connectivity index (χ1v) is 12.4. The molecule has 1 aliphatic heterocycles. The molecule has 0 amide bonds. The maximum Gasteiger partial charge on any atom is 0.0173 e. The highest BCUT2D eigenvalue weighted by atomic mass is 33.9. The Morgan fingerprint density at radius 1 is 1.44 bits per heavy atom. The van der Waals surface area contributed by atoms with E-state index in [2.05, 4.69) is 45.0 Å². The van der Waals surface area contributed by atoms with Crippen LogP contribution in [0, 0.1) is 0 Å². The first kappa shape index (κ1) is 8.65. The molecule has 0 aromatic heterocycles. The Hall–Kier alpha value is 1.56. The molecule has 9 heavy (non-hydrogen) atoms. The van der Waals surface area contributed by atoms with Crippen molar-refractivity contribution in [3.63, 3.8) is 0 Å². The third-order valence-corrected chi connectivity index (χ3v) is 39.3. The number of hydrogen-bond donors (Lipinski definition) is 0. The summed E-state index contributed by atoms with van der Waals surface area (Å²) in [5.74, 6) is 1.39. The van der Waals surface area contributed by atoms with Crippen LogP contribution in [0.1, 0.15) is 6.92 Å². The fraction of sp³-hybridized carbons (Fsp3) is 1.00. The van der Waals surface area contributed by atoms with Crippen molar-refractivity contribution in [1.82, 2.24) is 0 Å². The second-order valence-electron chi connectivity index (χ2n) is 4.11. The summed E-state index contributed by atoms with van der Waals surface area (Å²) >= 11 is 0. The fourth-order valence-electron chi connectivity index (χ4n) is 0.472. The van der Waals surface area contributed by atoms with E-state index >= 15 is 0 Å². The molecular formula is C5H16P2S2. The number of rotatable bonds is 1. The van der Waals surface area contributed by atoms with E-state index < -0.39 is 6.95 Å². The van der Waals surface area contributed by atoms with E-state index in [0.29, 0.717) is 0 Å². The summed E-state index contributed by atoms with van der Waals surface area (Å²) in [7, 11) is 5.27. The Balaban J connectivity index is 2.97. The molecular weight excluding hydrogens is 186 g/mol. The largest absolute Gasteiger partial charge is 0.214 e. The third kappa shape index (κ3) is 1.18. The van der Waals surface area contributed by atoms with E-state index in [1.54, 1.807) is 0 Å². The van der Waals surface area contributed by atoms with Crippen LogP contribution in [0.4, 0.5) is 0 Å². The van der Waals surface area contributed by atoms with E-state index in [0.717, 1.165) is 0 Å². The molecule has 0 aromatic rings. The zero-order valence-corrected chi connectivity index (χ0v) is 10.2. The van der Waals surface area contributed by atoms with Gasteiger partial charge in [0, 0.05) is 6.01 Å². The molecule has 2 unspecified atom stereocenters. The highest BCUT2D eigenvalue weighted by Gasteiger charge is 2.67. The maximum atomic E-state index is 3.02. The molecule has 0 aliphatic carbocycles. The van der Waals surface area contributed by atoms with E-state index in [1.165, 1.54) is 5.75 Å². The zero-order chi connectivity index (χ0) is 7.40. The minimum Gasteiger partial charge on any atom is -0.214 e. The van der Waals surface area contributed by atoms with Crippen molar-refractivity contribution in [2.75, 3.05) is 24.5 Å².